The molecule has 0 saturated carbocycles. The standard InChI is InChI=1S/C10H12BrFO/c1-2-5-13-7-8-3-4-10(12)9(11)6-8/h3-4,6H,2,5,7H2,1H3. The summed E-state index contributed by atoms with van der Waals surface area (Å²) < 4.78 is 18.6. The fourth-order valence-electron chi connectivity index (χ4n) is 0.964. The van der Waals surface area contributed by atoms with E-state index in [1.54, 1.807) is 12.1 Å². The van der Waals surface area contributed by atoms with E-state index >= 15 is 0 Å². The van der Waals surface area contributed by atoms with Gasteiger partial charge in [0, 0.05) is 6.61 Å². The quantitative estimate of drug-likeness (QED) is 0.739. The molecule has 0 N–H and O–H groups in total. The molecular formula is C10H12BrFO. The van der Waals surface area contributed by atoms with Gasteiger partial charge in [0.05, 0.1) is 11.1 Å². The molecule has 0 bridgehead atoms. The van der Waals surface area contributed by atoms with Gasteiger partial charge in [0.25, 0.3) is 0 Å². The second-order valence-corrected chi connectivity index (χ2v) is 3.66. The number of hydrogen-bond donors (Lipinski definition) is 0. The molecule has 1 nitrogen and oxygen atoms in total. The Hall–Kier alpha value is -0.410. The molecule has 0 unspecified atom stereocenters. The smallest absolute Gasteiger partial charge is 0.137 e. The van der Waals surface area contributed by atoms with Crippen LogP contribution in [-0.4, -0.2) is 6.61 Å². The zero-order chi connectivity index (χ0) is 9.68. The maximum absolute atomic E-state index is 12.8. The third-order valence-electron chi connectivity index (χ3n) is 1.60. The van der Waals surface area contributed by atoms with Crippen molar-refractivity contribution in [1.82, 2.24) is 0 Å². The molecule has 0 aliphatic carbocycles. The minimum atomic E-state index is -0.237. The molecule has 0 radical (unpaired) electrons. The van der Waals surface area contributed by atoms with Crippen molar-refractivity contribution in [3.63, 3.8) is 0 Å². The van der Waals surface area contributed by atoms with Gasteiger partial charge in [-0.3, -0.25) is 0 Å². The Labute approximate surface area is 86.0 Å². The minimum Gasteiger partial charge on any atom is -0.377 e. The van der Waals surface area contributed by atoms with Crippen molar-refractivity contribution in [3.05, 3.63) is 34.1 Å². The van der Waals surface area contributed by atoms with Crippen molar-refractivity contribution in [2.75, 3.05) is 6.61 Å². The Morgan fingerprint density at radius 1 is 1.46 bits per heavy atom. The van der Waals surface area contributed by atoms with Crippen molar-refractivity contribution in [3.8, 4) is 0 Å². The summed E-state index contributed by atoms with van der Waals surface area (Å²) in [5.74, 6) is -0.237. The zero-order valence-corrected chi connectivity index (χ0v) is 9.10. The van der Waals surface area contributed by atoms with E-state index in [1.165, 1.54) is 6.07 Å². The second-order valence-electron chi connectivity index (χ2n) is 2.80. The third kappa shape index (κ3) is 3.44. The summed E-state index contributed by atoms with van der Waals surface area (Å²) in [5.41, 5.74) is 0.988. The number of halogens is 2. The lowest BCUT2D eigenvalue weighted by atomic mass is 10.2. The Morgan fingerprint density at radius 3 is 2.85 bits per heavy atom. The van der Waals surface area contributed by atoms with Gasteiger partial charge >= 0.3 is 0 Å². The lowest BCUT2D eigenvalue weighted by Gasteiger charge is -2.03. The van der Waals surface area contributed by atoms with E-state index in [0.717, 1.165) is 18.6 Å². The Morgan fingerprint density at radius 2 is 2.23 bits per heavy atom. The average Bonchev–Trinajstić information content (AvgIpc) is 2.12. The van der Waals surface area contributed by atoms with Crippen molar-refractivity contribution in [2.24, 2.45) is 0 Å². The van der Waals surface area contributed by atoms with E-state index in [1.807, 2.05) is 0 Å². The van der Waals surface area contributed by atoms with Gasteiger partial charge in [0.1, 0.15) is 5.82 Å². The fourth-order valence-corrected chi connectivity index (χ4v) is 1.39. The molecule has 1 aromatic carbocycles. The van der Waals surface area contributed by atoms with Crippen LogP contribution in [0.5, 0.6) is 0 Å². The molecule has 0 aliphatic heterocycles. The highest BCUT2D eigenvalue weighted by atomic mass is 79.9. The minimum absolute atomic E-state index is 0.237. The van der Waals surface area contributed by atoms with Gasteiger partial charge in [-0.1, -0.05) is 13.0 Å². The van der Waals surface area contributed by atoms with Crippen LogP contribution >= 0.6 is 15.9 Å². The molecule has 0 spiro atoms. The van der Waals surface area contributed by atoms with Gasteiger partial charge in [-0.05, 0) is 40.0 Å². The lowest BCUT2D eigenvalue weighted by Crippen LogP contribution is -1.94. The first-order valence-corrected chi connectivity index (χ1v) is 5.05. The molecule has 0 fully saturated rings. The van der Waals surface area contributed by atoms with Crippen molar-refractivity contribution in [1.29, 1.82) is 0 Å². The third-order valence-corrected chi connectivity index (χ3v) is 2.21. The van der Waals surface area contributed by atoms with Crippen LogP contribution in [0.3, 0.4) is 0 Å². The Kier molecular flexibility index (Phi) is 4.39. The molecule has 0 heterocycles. The Bertz CT molecular complexity index is 276. The van der Waals surface area contributed by atoms with Crippen molar-refractivity contribution >= 4 is 15.9 Å². The van der Waals surface area contributed by atoms with E-state index in [9.17, 15) is 4.39 Å². The van der Waals surface area contributed by atoms with E-state index in [2.05, 4.69) is 22.9 Å². The first-order chi connectivity index (χ1) is 6.24. The van der Waals surface area contributed by atoms with E-state index in [0.29, 0.717) is 11.1 Å². The number of rotatable bonds is 4. The fraction of sp³-hybridized carbons (Fsp3) is 0.400. The van der Waals surface area contributed by atoms with E-state index < -0.39 is 0 Å². The van der Waals surface area contributed by atoms with Gasteiger partial charge in [-0.25, -0.2) is 4.39 Å². The van der Waals surface area contributed by atoms with Crippen LogP contribution in [-0.2, 0) is 11.3 Å². The highest BCUT2D eigenvalue weighted by Gasteiger charge is 1.99. The summed E-state index contributed by atoms with van der Waals surface area (Å²) in [6, 6.07) is 4.91. The van der Waals surface area contributed by atoms with Crippen LogP contribution in [0.15, 0.2) is 22.7 Å². The highest BCUT2D eigenvalue weighted by molar-refractivity contribution is 9.10. The summed E-state index contributed by atoms with van der Waals surface area (Å²) in [7, 11) is 0. The molecule has 0 aromatic heterocycles. The first-order valence-electron chi connectivity index (χ1n) is 4.25. The molecule has 1 rings (SSSR count). The van der Waals surface area contributed by atoms with Gasteiger partial charge < -0.3 is 4.74 Å². The van der Waals surface area contributed by atoms with Crippen LogP contribution in [0, 0.1) is 5.82 Å². The molecule has 72 valence electrons. The largest absolute Gasteiger partial charge is 0.377 e. The predicted octanol–water partition coefficient (Wildman–Crippen LogP) is 3.51. The van der Waals surface area contributed by atoms with Crippen molar-refractivity contribution in [2.45, 2.75) is 20.0 Å². The van der Waals surface area contributed by atoms with Gasteiger partial charge in [0.2, 0.25) is 0 Å². The van der Waals surface area contributed by atoms with Crippen LogP contribution in [0.1, 0.15) is 18.9 Å². The molecule has 0 saturated heterocycles. The molecule has 0 atom stereocenters. The summed E-state index contributed by atoms with van der Waals surface area (Å²) >= 11 is 3.12. The highest BCUT2D eigenvalue weighted by Crippen LogP contribution is 2.17. The van der Waals surface area contributed by atoms with Gasteiger partial charge in [0.15, 0.2) is 0 Å². The van der Waals surface area contributed by atoms with Crippen LogP contribution in [0.2, 0.25) is 0 Å². The molecule has 1 aromatic rings. The molecule has 0 amide bonds. The number of benzene rings is 1. The van der Waals surface area contributed by atoms with Crippen LogP contribution in [0.4, 0.5) is 4.39 Å². The van der Waals surface area contributed by atoms with Crippen LogP contribution in [0.25, 0.3) is 0 Å². The monoisotopic (exact) mass is 246 g/mol. The molecule has 0 aliphatic rings. The van der Waals surface area contributed by atoms with Crippen LogP contribution < -0.4 is 0 Å². The maximum atomic E-state index is 12.8. The Balaban J connectivity index is 2.53. The summed E-state index contributed by atoms with van der Waals surface area (Å²) in [6.45, 7) is 3.35. The SMILES string of the molecule is CCCOCc1ccc(F)c(Br)c1. The summed E-state index contributed by atoms with van der Waals surface area (Å²) in [4.78, 5) is 0. The normalized spacial score (nSPS) is 10.4. The van der Waals surface area contributed by atoms with Crippen molar-refractivity contribution < 1.29 is 9.13 Å². The maximum Gasteiger partial charge on any atom is 0.137 e. The molecule has 13 heavy (non-hydrogen) atoms. The number of ether oxygens (including phenoxy) is 1. The first kappa shape index (κ1) is 10.7. The second kappa shape index (κ2) is 5.35. The summed E-state index contributed by atoms with van der Waals surface area (Å²) in [6.07, 6.45) is 1.00. The van der Waals surface area contributed by atoms with Gasteiger partial charge in [-0.15, -0.1) is 0 Å². The van der Waals surface area contributed by atoms with E-state index in [4.69, 9.17) is 4.74 Å². The average molecular weight is 247 g/mol. The molecular weight excluding hydrogens is 235 g/mol. The van der Waals surface area contributed by atoms with Gasteiger partial charge in [-0.2, -0.15) is 0 Å². The topological polar surface area (TPSA) is 9.23 Å². The summed E-state index contributed by atoms with van der Waals surface area (Å²) in [5, 5.41) is 0. The predicted molar refractivity (Wildman–Crippen MR) is 54.0 cm³/mol. The number of hydrogen-bond acceptors (Lipinski definition) is 1. The van der Waals surface area contributed by atoms with E-state index in [-0.39, 0.29) is 5.82 Å². The molecule has 3 heteroatoms. The zero-order valence-electron chi connectivity index (χ0n) is 7.52. The lowest BCUT2D eigenvalue weighted by molar-refractivity contribution is 0.121.